The molecule has 0 heterocycles. The first-order chi connectivity index (χ1) is 8.00. The topological polar surface area (TPSA) is 15.3 Å². The summed E-state index contributed by atoms with van der Waals surface area (Å²) in [5.74, 6) is -0.366. The molecule has 0 amide bonds. The van der Waals surface area contributed by atoms with Gasteiger partial charge < -0.3 is 10.2 Å². The lowest BCUT2D eigenvalue weighted by Crippen LogP contribution is -2.33. The van der Waals surface area contributed by atoms with Gasteiger partial charge in [-0.25, -0.2) is 4.39 Å². The summed E-state index contributed by atoms with van der Waals surface area (Å²) in [4.78, 5) is 2.27. The molecule has 0 fully saturated rings. The second-order valence-electron chi connectivity index (χ2n) is 4.50. The monoisotopic (exact) mass is 258 g/mol. The molecule has 1 rings (SSSR count). The summed E-state index contributed by atoms with van der Waals surface area (Å²) < 4.78 is 12.9. The minimum absolute atomic E-state index is 0.184. The summed E-state index contributed by atoms with van der Waals surface area (Å²) in [6.45, 7) is 6.95. The highest BCUT2D eigenvalue weighted by Gasteiger charge is 2.03. The third kappa shape index (κ3) is 5.02. The number of hydrogen-bond acceptors (Lipinski definition) is 2. The number of hydrogen-bond donors (Lipinski definition) is 1. The van der Waals surface area contributed by atoms with E-state index < -0.39 is 0 Å². The quantitative estimate of drug-likeness (QED) is 0.790. The molecule has 0 aliphatic carbocycles. The van der Waals surface area contributed by atoms with E-state index in [1.807, 2.05) is 0 Å². The van der Waals surface area contributed by atoms with Crippen LogP contribution in [0.15, 0.2) is 18.2 Å². The second-order valence-corrected chi connectivity index (χ2v) is 4.91. The van der Waals surface area contributed by atoms with Crippen molar-refractivity contribution in [1.82, 2.24) is 10.2 Å². The van der Waals surface area contributed by atoms with E-state index in [1.54, 1.807) is 12.1 Å². The number of halogens is 2. The van der Waals surface area contributed by atoms with Crippen molar-refractivity contribution in [2.75, 3.05) is 20.1 Å². The van der Waals surface area contributed by atoms with Crippen LogP contribution in [-0.2, 0) is 6.54 Å². The van der Waals surface area contributed by atoms with Crippen LogP contribution in [0.5, 0.6) is 0 Å². The maximum Gasteiger partial charge on any atom is 0.141 e. The van der Waals surface area contributed by atoms with Gasteiger partial charge in [0.15, 0.2) is 0 Å². The van der Waals surface area contributed by atoms with Crippen LogP contribution in [0.3, 0.4) is 0 Å². The third-order valence-electron chi connectivity index (χ3n) is 2.84. The van der Waals surface area contributed by atoms with Crippen molar-refractivity contribution in [2.45, 2.75) is 26.4 Å². The van der Waals surface area contributed by atoms with E-state index in [4.69, 9.17) is 11.6 Å². The van der Waals surface area contributed by atoms with E-state index >= 15 is 0 Å². The Balaban J connectivity index is 2.29. The van der Waals surface area contributed by atoms with Crippen molar-refractivity contribution < 1.29 is 4.39 Å². The SMILES string of the molecule is CC(C)N(C)CCNCc1ccc(F)c(Cl)c1. The van der Waals surface area contributed by atoms with Gasteiger partial charge in [0.25, 0.3) is 0 Å². The Morgan fingerprint density at radius 1 is 1.41 bits per heavy atom. The standard InChI is InChI=1S/C13H20ClFN2/c1-10(2)17(3)7-6-16-9-11-4-5-13(15)12(14)8-11/h4-5,8,10,16H,6-7,9H2,1-3H3. The van der Waals surface area contributed by atoms with Crippen LogP contribution in [0.1, 0.15) is 19.4 Å². The zero-order valence-electron chi connectivity index (χ0n) is 10.6. The van der Waals surface area contributed by atoms with Gasteiger partial charge in [-0.3, -0.25) is 0 Å². The van der Waals surface area contributed by atoms with Gasteiger partial charge in [-0.15, -0.1) is 0 Å². The van der Waals surface area contributed by atoms with Crippen LogP contribution in [-0.4, -0.2) is 31.1 Å². The van der Waals surface area contributed by atoms with Gasteiger partial charge in [-0.05, 0) is 38.6 Å². The molecule has 17 heavy (non-hydrogen) atoms. The number of nitrogens with zero attached hydrogens (tertiary/aromatic N) is 1. The van der Waals surface area contributed by atoms with Crippen LogP contribution in [0, 0.1) is 5.82 Å². The lowest BCUT2D eigenvalue weighted by Gasteiger charge is -2.20. The van der Waals surface area contributed by atoms with Crippen LogP contribution in [0.25, 0.3) is 0 Å². The lowest BCUT2D eigenvalue weighted by molar-refractivity contribution is 0.273. The van der Waals surface area contributed by atoms with Crippen molar-refractivity contribution in [3.63, 3.8) is 0 Å². The highest BCUT2D eigenvalue weighted by molar-refractivity contribution is 6.30. The minimum atomic E-state index is -0.366. The smallest absolute Gasteiger partial charge is 0.141 e. The Hall–Kier alpha value is -0.640. The van der Waals surface area contributed by atoms with Crippen LogP contribution >= 0.6 is 11.6 Å². The van der Waals surface area contributed by atoms with Gasteiger partial charge in [0, 0.05) is 25.7 Å². The molecule has 0 saturated carbocycles. The molecule has 0 aliphatic rings. The molecule has 2 nitrogen and oxygen atoms in total. The molecule has 0 atom stereocenters. The first-order valence-electron chi connectivity index (χ1n) is 5.85. The molecule has 4 heteroatoms. The molecular weight excluding hydrogens is 239 g/mol. The van der Waals surface area contributed by atoms with Crippen molar-refractivity contribution in [3.05, 3.63) is 34.6 Å². The maximum absolute atomic E-state index is 12.9. The average molecular weight is 259 g/mol. The Labute approximate surface area is 108 Å². The number of benzene rings is 1. The van der Waals surface area contributed by atoms with Gasteiger partial charge in [0.05, 0.1) is 5.02 Å². The van der Waals surface area contributed by atoms with Crippen molar-refractivity contribution in [2.24, 2.45) is 0 Å². The third-order valence-corrected chi connectivity index (χ3v) is 3.13. The maximum atomic E-state index is 12.9. The van der Waals surface area contributed by atoms with E-state index in [0.717, 1.165) is 18.7 Å². The van der Waals surface area contributed by atoms with Gasteiger partial charge in [0.2, 0.25) is 0 Å². The Kier molecular flexibility index (Phi) is 5.89. The molecule has 96 valence electrons. The molecule has 0 aliphatic heterocycles. The van der Waals surface area contributed by atoms with Crippen molar-refractivity contribution in [3.8, 4) is 0 Å². The summed E-state index contributed by atoms with van der Waals surface area (Å²) in [6, 6.07) is 5.37. The summed E-state index contributed by atoms with van der Waals surface area (Å²) in [5, 5.41) is 3.50. The lowest BCUT2D eigenvalue weighted by atomic mass is 10.2. The first kappa shape index (κ1) is 14.4. The molecular formula is C13H20ClFN2. The van der Waals surface area contributed by atoms with Gasteiger partial charge in [-0.2, -0.15) is 0 Å². The summed E-state index contributed by atoms with van der Waals surface area (Å²) in [6.07, 6.45) is 0. The Morgan fingerprint density at radius 3 is 2.71 bits per heavy atom. The van der Waals surface area contributed by atoms with E-state index in [2.05, 4.69) is 31.1 Å². The molecule has 1 aromatic carbocycles. The second kappa shape index (κ2) is 6.94. The van der Waals surface area contributed by atoms with Gasteiger partial charge in [-0.1, -0.05) is 17.7 Å². The zero-order valence-corrected chi connectivity index (χ0v) is 11.4. The molecule has 1 N–H and O–H groups in total. The predicted molar refractivity (Wildman–Crippen MR) is 70.9 cm³/mol. The fraction of sp³-hybridized carbons (Fsp3) is 0.538. The van der Waals surface area contributed by atoms with Gasteiger partial charge in [0.1, 0.15) is 5.82 Å². The Bertz CT molecular complexity index is 355. The summed E-state index contributed by atoms with van der Waals surface area (Å²) >= 11 is 5.71. The van der Waals surface area contributed by atoms with Gasteiger partial charge >= 0.3 is 0 Å². The van der Waals surface area contributed by atoms with E-state index in [1.165, 1.54) is 6.07 Å². The molecule has 0 aromatic heterocycles. The Morgan fingerprint density at radius 2 is 2.12 bits per heavy atom. The molecule has 0 bridgehead atoms. The summed E-state index contributed by atoms with van der Waals surface area (Å²) in [7, 11) is 2.10. The fourth-order valence-corrected chi connectivity index (χ4v) is 1.60. The average Bonchev–Trinajstić information content (AvgIpc) is 2.28. The highest BCUT2D eigenvalue weighted by atomic mass is 35.5. The predicted octanol–water partition coefficient (Wildman–Crippen LogP) is 2.91. The van der Waals surface area contributed by atoms with E-state index in [9.17, 15) is 4.39 Å². The number of rotatable bonds is 6. The van der Waals surface area contributed by atoms with Crippen LogP contribution < -0.4 is 5.32 Å². The molecule has 0 spiro atoms. The van der Waals surface area contributed by atoms with E-state index in [-0.39, 0.29) is 10.8 Å². The van der Waals surface area contributed by atoms with Crippen molar-refractivity contribution in [1.29, 1.82) is 0 Å². The molecule has 0 unspecified atom stereocenters. The highest BCUT2D eigenvalue weighted by Crippen LogP contribution is 2.15. The van der Waals surface area contributed by atoms with Crippen molar-refractivity contribution >= 4 is 11.6 Å². The molecule has 1 aromatic rings. The normalized spacial score (nSPS) is 11.5. The number of likely N-dealkylation sites (N-methyl/N-ethyl adjacent to an activating group) is 1. The molecule has 0 radical (unpaired) electrons. The largest absolute Gasteiger partial charge is 0.311 e. The fourth-order valence-electron chi connectivity index (χ4n) is 1.40. The molecule has 0 saturated heterocycles. The minimum Gasteiger partial charge on any atom is -0.311 e. The zero-order chi connectivity index (χ0) is 12.8. The van der Waals surface area contributed by atoms with E-state index in [0.29, 0.717) is 12.6 Å². The van der Waals surface area contributed by atoms with Crippen LogP contribution in [0.4, 0.5) is 4.39 Å². The first-order valence-corrected chi connectivity index (χ1v) is 6.23. The summed E-state index contributed by atoms with van der Waals surface area (Å²) in [5.41, 5.74) is 1.00. The number of nitrogens with one attached hydrogen (secondary N) is 1. The van der Waals surface area contributed by atoms with Crippen LogP contribution in [0.2, 0.25) is 5.02 Å².